The van der Waals surface area contributed by atoms with Crippen LogP contribution in [0, 0.1) is 0 Å². The molecule has 0 aliphatic carbocycles. The van der Waals surface area contributed by atoms with E-state index in [0.29, 0.717) is 12.5 Å². The van der Waals surface area contributed by atoms with Gasteiger partial charge >= 0.3 is 0 Å². The minimum atomic E-state index is -0.00143. The van der Waals surface area contributed by atoms with Crippen LogP contribution in [0.3, 0.4) is 0 Å². The molecule has 110 valence electrons. The Morgan fingerprint density at radius 1 is 1.30 bits per heavy atom. The zero-order chi connectivity index (χ0) is 14.8. The van der Waals surface area contributed by atoms with E-state index in [2.05, 4.69) is 31.4 Å². The average molecular weight is 295 g/mol. The molecule has 0 fully saturated rings. The summed E-state index contributed by atoms with van der Waals surface area (Å²) in [5.74, 6) is 2.16. The summed E-state index contributed by atoms with van der Waals surface area (Å²) < 4.78 is 7.95. The third kappa shape index (κ3) is 2.64. The summed E-state index contributed by atoms with van der Waals surface area (Å²) in [6.45, 7) is 9.30. The van der Waals surface area contributed by atoms with E-state index in [0.717, 1.165) is 35.4 Å². The molecular weight excluding hydrogens is 272 g/mol. The van der Waals surface area contributed by atoms with Crippen molar-refractivity contribution in [3.05, 3.63) is 24.0 Å². The van der Waals surface area contributed by atoms with Crippen molar-refractivity contribution in [1.29, 1.82) is 0 Å². The van der Waals surface area contributed by atoms with Crippen LogP contribution < -0.4 is 4.74 Å². The second-order valence-corrected chi connectivity index (χ2v) is 5.88. The molecule has 4 heteroatoms. The SMILES string of the molecule is CCCC(C)(C)n1c(CCl)nc2c(OCC)cccc21. The van der Waals surface area contributed by atoms with Gasteiger partial charge in [-0.2, -0.15) is 0 Å². The third-order valence-electron chi connectivity index (χ3n) is 3.60. The van der Waals surface area contributed by atoms with Crippen LogP contribution in [0.1, 0.15) is 46.4 Å². The Labute approximate surface area is 125 Å². The van der Waals surface area contributed by atoms with Gasteiger partial charge in [-0.15, -0.1) is 11.6 Å². The minimum Gasteiger partial charge on any atom is -0.492 e. The number of rotatable bonds is 6. The summed E-state index contributed by atoms with van der Waals surface area (Å²) in [6, 6.07) is 6.08. The Morgan fingerprint density at radius 3 is 2.65 bits per heavy atom. The summed E-state index contributed by atoms with van der Waals surface area (Å²) >= 11 is 6.12. The number of fused-ring (bicyclic) bond motifs is 1. The van der Waals surface area contributed by atoms with Gasteiger partial charge in [-0.05, 0) is 39.3 Å². The van der Waals surface area contributed by atoms with Gasteiger partial charge in [0.2, 0.25) is 0 Å². The molecule has 0 atom stereocenters. The Balaban J connectivity index is 2.67. The molecule has 1 aromatic heterocycles. The maximum Gasteiger partial charge on any atom is 0.147 e. The number of halogens is 1. The summed E-state index contributed by atoms with van der Waals surface area (Å²) in [5.41, 5.74) is 2.01. The number of nitrogens with zero attached hydrogens (tertiary/aromatic N) is 2. The first-order valence-corrected chi connectivity index (χ1v) is 7.78. The van der Waals surface area contributed by atoms with E-state index in [9.17, 15) is 0 Å². The summed E-state index contributed by atoms with van der Waals surface area (Å²) in [5, 5.41) is 0. The summed E-state index contributed by atoms with van der Waals surface area (Å²) in [7, 11) is 0. The fraction of sp³-hybridized carbons (Fsp3) is 0.562. The highest BCUT2D eigenvalue weighted by atomic mass is 35.5. The van der Waals surface area contributed by atoms with Gasteiger partial charge in [0.1, 0.15) is 17.1 Å². The molecule has 0 spiro atoms. The first-order valence-electron chi connectivity index (χ1n) is 7.24. The number of hydrogen-bond acceptors (Lipinski definition) is 2. The predicted octanol–water partition coefficient (Wildman–Crippen LogP) is 4.71. The standard InChI is InChI=1S/C16H23ClN2O/c1-5-10-16(3,4)19-12-8-7-9-13(20-6-2)15(12)18-14(19)11-17/h7-9H,5-6,10-11H2,1-4H3. The van der Waals surface area contributed by atoms with Gasteiger partial charge in [-0.3, -0.25) is 0 Å². The lowest BCUT2D eigenvalue weighted by molar-refractivity contribution is 0.326. The number of imidazole rings is 1. The molecule has 1 aromatic carbocycles. The van der Waals surface area contributed by atoms with E-state index in [1.165, 1.54) is 0 Å². The second kappa shape index (κ2) is 6.04. The number of ether oxygens (including phenoxy) is 1. The Hall–Kier alpha value is -1.22. The van der Waals surface area contributed by atoms with Crippen molar-refractivity contribution < 1.29 is 4.74 Å². The largest absolute Gasteiger partial charge is 0.492 e. The highest BCUT2D eigenvalue weighted by molar-refractivity contribution is 6.16. The van der Waals surface area contributed by atoms with E-state index < -0.39 is 0 Å². The van der Waals surface area contributed by atoms with Crippen LogP contribution in [-0.4, -0.2) is 16.2 Å². The lowest BCUT2D eigenvalue weighted by Crippen LogP contribution is -2.27. The van der Waals surface area contributed by atoms with E-state index in [1.807, 2.05) is 19.1 Å². The Morgan fingerprint density at radius 2 is 2.05 bits per heavy atom. The lowest BCUT2D eigenvalue weighted by Gasteiger charge is -2.29. The number of aromatic nitrogens is 2. The van der Waals surface area contributed by atoms with Crippen molar-refractivity contribution in [2.45, 2.75) is 52.0 Å². The van der Waals surface area contributed by atoms with Crippen molar-refractivity contribution in [3.63, 3.8) is 0 Å². The summed E-state index contributed by atoms with van der Waals surface area (Å²) in [6.07, 6.45) is 2.21. The molecule has 0 aliphatic heterocycles. The fourth-order valence-corrected chi connectivity index (χ4v) is 3.06. The maximum absolute atomic E-state index is 6.12. The molecule has 0 N–H and O–H groups in total. The smallest absolute Gasteiger partial charge is 0.147 e. The van der Waals surface area contributed by atoms with Crippen molar-refractivity contribution in [1.82, 2.24) is 9.55 Å². The van der Waals surface area contributed by atoms with Crippen LogP contribution in [0.5, 0.6) is 5.75 Å². The van der Waals surface area contributed by atoms with Crippen molar-refractivity contribution in [2.75, 3.05) is 6.61 Å². The number of alkyl halides is 1. The quantitative estimate of drug-likeness (QED) is 0.722. The molecule has 2 rings (SSSR count). The van der Waals surface area contributed by atoms with Gasteiger partial charge < -0.3 is 9.30 Å². The highest BCUT2D eigenvalue weighted by Gasteiger charge is 2.25. The first kappa shape index (κ1) is 15.2. The van der Waals surface area contributed by atoms with Crippen LogP contribution in [0.2, 0.25) is 0 Å². The summed E-state index contributed by atoms with van der Waals surface area (Å²) in [4.78, 5) is 4.70. The predicted molar refractivity (Wildman–Crippen MR) is 84.7 cm³/mol. The normalized spacial score (nSPS) is 12.1. The van der Waals surface area contributed by atoms with Gasteiger partial charge in [-0.25, -0.2) is 4.98 Å². The molecule has 1 heterocycles. The van der Waals surface area contributed by atoms with E-state index in [-0.39, 0.29) is 5.54 Å². The van der Waals surface area contributed by atoms with Gasteiger partial charge in [-0.1, -0.05) is 19.4 Å². The highest BCUT2D eigenvalue weighted by Crippen LogP contribution is 2.33. The molecule has 0 radical (unpaired) electrons. The van der Waals surface area contributed by atoms with Crippen molar-refractivity contribution in [2.24, 2.45) is 0 Å². The molecule has 0 saturated heterocycles. The van der Waals surface area contributed by atoms with E-state index in [4.69, 9.17) is 21.3 Å². The van der Waals surface area contributed by atoms with Gasteiger partial charge in [0.15, 0.2) is 0 Å². The van der Waals surface area contributed by atoms with Crippen LogP contribution in [0.25, 0.3) is 11.0 Å². The average Bonchev–Trinajstić information content (AvgIpc) is 2.79. The van der Waals surface area contributed by atoms with Crippen LogP contribution >= 0.6 is 11.6 Å². The number of benzene rings is 1. The molecule has 3 nitrogen and oxygen atoms in total. The molecule has 0 saturated carbocycles. The third-order valence-corrected chi connectivity index (χ3v) is 3.84. The Bertz CT molecular complexity index is 589. The van der Waals surface area contributed by atoms with E-state index in [1.54, 1.807) is 0 Å². The first-order chi connectivity index (χ1) is 9.55. The molecule has 0 aliphatic rings. The molecular formula is C16H23ClN2O. The van der Waals surface area contributed by atoms with Crippen molar-refractivity contribution in [3.8, 4) is 5.75 Å². The van der Waals surface area contributed by atoms with Crippen molar-refractivity contribution >= 4 is 22.6 Å². The van der Waals surface area contributed by atoms with Gasteiger partial charge in [0, 0.05) is 5.54 Å². The minimum absolute atomic E-state index is 0.00143. The van der Waals surface area contributed by atoms with E-state index >= 15 is 0 Å². The maximum atomic E-state index is 6.12. The molecule has 20 heavy (non-hydrogen) atoms. The number of para-hydroxylation sites is 1. The monoisotopic (exact) mass is 294 g/mol. The molecule has 0 amide bonds. The van der Waals surface area contributed by atoms with Gasteiger partial charge in [0.05, 0.1) is 18.0 Å². The van der Waals surface area contributed by atoms with Crippen LogP contribution in [0.4, 0.5) is 0 Å². The lowest BCUT2D eigenvalue weighted by atomic mass is 9.98. The van der Waals surface area contributed by atoms with Crippen LogP contribution in [-0.2, 0) is 11.4 Å². The topological polar surface area (TPSA) is 27.1 Å². The van der Waals surface area contributed by atoms with Crippen LogP contribution in [0.15, 0.2) is 18.2 Å². The zero-order valence-electron chi connectivity index (χ0n) is 12.7. The molecule has 0 bridgehead atoms. The second-order valence-electron chi connectivity index (χ2n) is 5.62. The fourth-order valence-electron chi connectivity index (χ4n) is 2.88. The number of hydrogen-bond donors (Lipinski definition) is 0. The van der Waals surface area contributed by atoms with Gasteiger partial charge in [0.25, 0.3) is 0 Å². The molecule has 0 unspecified atom stereocenters. The zero-order valence-corrected chi connectivity index (χ0v) is 13.5. The molecule has 2 aromatic rings. The Kier molecular flexibility index (Phi) is 4.59.